The molecule has 15 heavy (non-hydrogen) atoms. The molecule has 0 aliphatic heterocycles. The lowest BCUT2D eigenvalue weighted by Gasteiger charge is -2.19. The van der Waals surface area contributed by atoms with Gasteiger partial charge in [0, 0.05) is 0 Å². The lowest BCUT2D eigenvalue weighted by Crippen LogP contribution is -2.27. The SMILES string of the molecule is COc1ccccc1N[S@@](=O)C(C)(C)C. The Labute approximate surface area is 93.4 Å². The number of hydrogen-bond acceptors (Lipinski definition) is 2. The maximum atomic E-state index is 11.8. The predicted molar refractivity (Wildman–Crippen MR) is 64.5 cm³/mol. The zero-order valence-corrected chi connectivity index (χ0v) is 10.4. The van der Waals surface area contributed by atoms with E-state index in [0.29, 0.717) is 5.75 Å². The molecule has 0 spiro atoms. The summed E-state index contributed by atoms with van der Waals surface area (Å²) in [7, 11) is 0.468. The van der Waals surface area contributed by atoms with E-state index >= 15 is 0 Å². The molecule has 0 saturated carbocycles. The van der Waals surface area contributed by atoms with Crippen LogP contribution < -0.4 is 9.46 Å². The van der Waals surface area contributed by atoms with E-state index in [2.05, 4.69) is 4.72 Å². The standard InChI is InChI=1S/C11H17NO2S/c1-11(2,3)15(13)12-9-7-5-6-8-10(9)14-4/h5-8,12H,1-4H3/t15-/m0/s1. The van der Waals surface area contributed by atoms with Gasteiger partial charge in [-0.15, -0.1) is 0 Å². The zero-order chi connectivity index (χ0) is 11.5. The van der Waals surface area contributed by atoms with Crippen molar-refractivity contribution in [2.45, 2.75) is 25.5 Å². The Kier molecular flexibility index (Phi) is 3.74. The number of anilines is 1. The summed E-state index contributed by atoms with van der Waals surface area (Å²) in [4.78, 5) is 0. The third-order valence-electron chi connectivity index (χ3n) is 1.87. The molecule has 0 saturated heterocycles. The molecule has 0 amide bonds. The second-order valence-electron chi connectivity index (χ2n) is 4.18. The molecule has 1 aromatic carbocycles. The largest absolute Gasteiger partial charge is 0.495 e. The van der Waals surface area contributed by atoms with Crippen LogP contribution in [0.5, 0.6) is 5.75 Å². The van der Waals surface area contributed by atoms with Crippen LogP contribution in [0.15, 0.2) is 24.3 Å². The van der Waals surface area contributed by atoms with Gasteiger partial charge < -0.3 is 9.46 Å². The highest BCUT2D eigenvalue weighted by molar-refractivity contribution is 7.87. The van der Waals surface area contributed by atoms with Crippen LogP contribution in [-0.2, 0) is 11.0 Å². The molecule has 0 aliphatic carbocycles. The van der Waals surface area contributed by atoms with E-state index in [1.807, 2.05) is 45.0 Å². The van der Waals surface area contributed by atoms with Crippen LogP contribution in [-0.4, -0.2) is 16.1 Å². The molecule has 0 unspecified atom stereocenters. The van der Waals surface area contributed by atoms with Gasteiger partial charge in [-0.1, -0.05) is 12.1 Å². The number of para-hydroxylation sites is 2. The van der Waals surface area contributed by atoms with Gasteiger partial charge in [-0.25, -0.2) is 4.21 Å². The van der Waals surface area contributed by atoms with Crippen molar-refractivity contribution >= 4 is 16.7 Å². The second kappa shape index (κ2) is 4.66. The quantitative estimate of drug-likeness (QED) is 0.862. The first-order chi connectivity index (χ1) is 6.95. The van der Waals surface area contributed by atoms with Gasteiger partial charge in [0.05, 0.1) is 17.5 Å². The summed E-state index contributed by atoms with van der Waals surface area (Å²) >= 11 is 0. The summed E-state index contributed by atoms with van der Waals surface area (Å²) < 4.78 is 19.7. The Balaban J connectivity index is 2.85. The topological polar surface area (TPSA) is 38.3 Å². The fraction of sp³-hybridized carbons (Fsp3) is 0.455. The lowest BCUT2D eigenvalue weighted by atomic mass is 10.3. The minimum Gasteiger partial charge on any atom is -0.495 e. The maximum absolute atomic E-state index is 11.8. The molecular formula is C11H17NO2S. The fourth-order valence-electron chi connectivity index (χ4n) is 0.982. The van der Waals surface area contributed by atoms with E-state index in [1.54, 1.807) is 7.11 Å². The predicted octanol–water partition coefficient (Wildman–Crippen LogP) is 2.57. The van der Waals surface area contributed by atoms with E-state index in [9.17, 15) is 4.21 Å². The number of rotatable bonds is 3. The molecule has 1 rings (SSSR count). The van der Waals surface area contributed by atoms with Crippen molar-refractivity contribution in [3.63, 3.8) is 0 Å². The molecule has 3 nitrogen and oxygen atoms in total. The smallest absolute Gasteiger partial charge is 0.142 e. The van der Waals surface area contributed by atoms with Crippen molar-refractivity contribution in [1.29, 1.82) is 0 Å². The highest BCUT2D eigenvalue weighted by atomic mass is 32.2. The molecule has 1 N–H and O–H groups in total. The summed E-state index contributed by atoms with van der Waals surface area (Å²) in [5, 5.41) is 0. The van der Waals surface area contributed by atoms with Crippen molar-refractivity contribution < 1.29 is 8.95 Å². The lowest BCUT2D eigenvalue weighted by molar-refractivity contribution is 0.417. The molecule has 0 bridgehead atoms. The minimum absolute atomic E-state index is 0.291. The summed E-state index contributed by atoms with van der Waals surface area (Å²) in [6.45, 7) is 5.77. The molecule has 0 heterocycles. The monoisotopic (exact) mass is 227 g/mol. The first kappa shape index (κ1) is 12.0. The highest BCUT2D eigenvalue weighted by Crippen LogP contribution is 2.25. The Morgan fingerprint density at radius 1 is 1.27 bits per heavy atom. The first-order valence-electron chi connectivity index (χ1n) is 4.76. The van der Waals surface area contributed by atoms with Crippen molar-refractivity contribution in [2.75, 3.05) is 11.8 Å². The van der Waals surface area contributed by atoms with Crippen molar-refractivity contribution in [2.24, 2.45) is 0 Å². The maximum Gasteiger partial charge on any atom is 0.142 e. The Morgan fingerprint density at radius 3 is 2.40 bits per heavy atom. The van der Waals surface area contributed by atoms with Crippen LogP contribution in [0.1, 0.15) is 20.8 Å². The Morgan fingerprint density at radius 2 is 1.87 bits per heavy atom. The van der Waals surface area contributed by atoms with Crippen molar-refractivity contribution in [3.05, 3.63) is 24.3 Å². The van der Waals surface area contributed by atoms with E-state index < -0.39 is 11.0 Å². The van der Waals surface area contributed by atoms with Crippen LogP contribution in [0.4, 0.5) is 5.69 Å². The number of methoxy groups -OCH3 is 1. The fourth-order valence-corrected chi connectivity index (χ4v) is 1.66. The molecule has 0 aromatic heterocycles. The Bertz CT molecular complexity index is 358. The summed E-state index contributed by atoms with van der Waals surface area (Å²) in [5.41, 5.74) is 0.758. The highest BCUT2D eigenvalue weighted by Gasteiger charge is 2.20. The third kappa shape index (κ3) is 3.23. The number of nitrogens with one attached hydrogen (secondary N) is 1. The van der Waals surface area contributed by atoms with Gasteiger partial charge in [0.25, 0.3) is 0 Å². The average molecular weight is 227 g/mol. The minimum atomic E-state index is -1.13. The normalized spacial score (nSPS) is 13.3. The van der Waals surface area contributed by atoms with Gasteiger partial charge >= 0.3 is 0 Å². The summed E-state index contributed by atoms with van der Waals surface area (Å²) in [6, 6.07) is 7.44. The molecule has 0 fully saturated rings. The van der Waals surface area contributed by atoms with Crippen LogP contribution in [0.25, 0.3) is 0 Å². The number of benzene rings is 1. The Hall–Kier alpha value is -1.03. The van der Waals surface area contributed by atoms with Crippen LogP contribution in [0.3, 0.4) is 0 Å². The van der Waals surface area contributed by atoms with E-state index in [4.69, 9.17) is 4.74 Å². The van der Waals surface area contributed by atoms with Crippen LogP contribution in [0.2, 0.25) is 0 Å². The number of hydrogen-bond donors (Lipinski definition) is 1. The van der Waals surface area contributed by atoms with Gasteiger partial charge in [0.15, 0.2) is 0 Å². The van der Waals surface area contributed by atoms with E-state index in [0.717, 1.165) is 5.69 Å². The second-order valence-corrected chi connectivity index (χ2v) is 6.15. The van der Waals surface area contributed by atoms with Crippen LogP contribution >= 0.6 is 0 Å². The van der Waals surface area contributed by atoms with E-state index in [1.165, 1.54) is 0 Å². The first-order valence-corrected chi connectivity index (χ1v) is 5.91. The molecule has 84 valence electrons. The zero-order valence-electron chi connectivity index (χ0n) is 9.53. The van der Waals surface area contributed by atoms with Crippen molar-refractivity contribution in [3.8, 4) is 5.75 Å². The molecule has 1 aromatic rings. The van der Waals surface area contributed by atoms with Gasteiger partial charge in [-0.05, 0) is 32.9 Å². The van der Waals surface area contributed by atoms with Gasteiger partial charge in [-0.2, -0.15) is 0 Å². The molecule has 0 radical (unpaired) electrons. The van der Waals surface area contributed by atoms with E-state index in [-0.39, 0.29) is 4.75 Å². The molecule has 4 heteroatoms. The summed E-state index contributed by atoms with van der Waals surface area (Å²) in [5.74, 6) is 0.704. The molecule has 0 aliphatic rings. The average Bonchev–Trinajstić information content (AvgIpc) is 2.17. The van der Waals surface area contributed by atoms with Gasteiger partial charge in [0.1, 0.15) is 16.7 Å². The summed E-state index contributed by atoms with van der Waals surface area (Å²) in [6.07, 6.45) is 0. The van der Waals surface area contributed by atoms with Crippen LogP contribution in [0, 0.1) is 0 Å². The van der Waals surface area contributed by atoms with Gasteiger partial charge in [0.2, 0.25) is 0 Å². The van der Waals surface area contributed by atoms with Gasteiger partial charge in [-0.3, -0.25) is 0 Å². The molecule has 1 atom stereocenters. The number of ether oxygens (including phenoxy) is 1. The molecular weight excluding hydrogens is 210 g/mol. The van der Waals surface area contributed by atoms with Crippen molar-refractivity contribution in [1.82, 2.24) is 0 Å². The third-order valence-corrected chi connectivity index (χ3v) is 3.38.